The van der Waals surface area contributed by atoms with Crippen molar-refractivity contribution in [2.75, 3.05) is 33.3 Å². The molecular formula is C17H18ClF3N2OS. The van der Waals surface area contributed by atoms with Crippen LogP contribution < -0.4 is 10.1 Å². The summed E-state index contributed by atoms with van der Waals surface area (Å²) in [5.41, 5.74) is -0.142. The molecule has 136 valence electrons. The summed E-state index contributed by atoms with van der Waals surface area (Å²) in [4.78, 5) is 3.10. The topological polar surface area (TPSA) is 24.5 Å². The molecule has 1 aromatic heterocycles. The first-order valence-electron chi connectivity index (χ1n) is 7.84. The van der Waals surface area contributed by atoms with E-state index in [-0.39, 0.29) is 11.8 Å². The van der Waals surface area contributed by atoms with Crippen molar-refractivity contribution in [2.24, 2.45) is 0 Å². The molecule has 1 fully saturated rings. The fourth-order valence-electron chi connectivity index (χ4n) is 3.03. The second-order valence-corrected chi connectivity index (χ2v) is 7.57. The first kappa shape index (κ1) is 18.5. The third-order valence-electron chi connectivity index (χ3n) is 4.19. The standard InChI is InChI=1S/C17H18ClF3N2OS/c1-24-13-9-11(8-12(10-13)17(19,20)21)16(14-2-3-15(18)25-14)23-6-4-22-5-7-23/h2-3,8-10,16,22H,4-7H2,1H3/t16-/m1/s1. The molecule has 0 unspecified atom stereocenters. The van der Waals surface area contributed by atoms with Crippen molar-refractivity contribution in [2.45, 2.75) is 12.2 Å². The molecular weight excluding hydrogens is 373 g/mol. The number of alkyl halides is 3. The van der Waals surface area contributed by atoms with Crippen LogP contribution in [0.1, 0.15) is 22.0 Å². The molecule has 0 saturated carbocycles. The first-order chi connectivity index (χ1) is 11.9. The summed E-state index contributed by atoms with van der Waals surface area (Å²) in [5.74, 6) is 0.201. The van der Waals surface area contributed by atoms with Crippen molar-refractivity contribution >= 4 is 22.9 Å². The van der Waals surface area contributed by atoms with Gasteiger partial charge in [-0.1, -0.05) is 11.6 Å². The van der Waals surface area contributed by atoms with E-state index in [0.717, 1.165) is 37.1 Å². The van der Waals surface area contributed by atoms with Gasteiger partial charge in [-0.2, -0.15) is 13.2 Å². The lowest BCUT2D eigenvalue weighted by atomic mass is 9.99. The monoisotopic (exact) mass is 390 g/mol. The van der Waals surface area contributed by atoms with E-state index in [4.69, 9.17) is 16.3 Å². The molecule has 1 atom stereocenters. The lowest BCUT2D eigenvalue weighted by Crippen LogP contribution is -2.45. The van der Waals surface area contributed by atoms with Crippen LogP contribution in [0.25, 0.3) is 0 Å². The Bertz CT molecular complexity index is 729. The molecule has 1 N–H and O–H groups in total. The molecule has 1 saturated heterocycles. The van der Waals surface area contributed by atoms with Crippen molar-refractivity contribution < 1.29 is 17.9 Å². The summed E-state index contributed by atoms with van der Waals surface area (Å²) in [6.07, 6.45) is -4.43. The van der Waals surface area contributed by atoms with E-state index in [1.165, 1.54) is 24.5 Å². The molecule has 3 nitrogen and oxygen atoms in total. The van der Waals surface area contributed by atoms with E-state index in [1.54, 1.807) is 12.1 Å². The van der Waals surface area contributed by atoms with Gasteiger partial charge in [0.1, 0.15) is 5.75 Å². The Hall–Kier alpha value is -1.28. The SMILES string of the molecule is COc1cc([C@H](c2ccc(Cl)s2)N2CCNCC2)cc(C(F)(F)F)c1. The van der Waals surface area contributed by atoms with E-state index in [1.807, 2.05) is 6.07 Å². The van der Waals surface area contributed by atoms with Crippen molar-refractivity contribution in [1.29, 1.82) is 0 Å². The van der Waals surface area contributed by atoms with Crippen LogP contribution in [0.2, 0.25) is 4.34 Å². The van der Waals surface area contributed by atoms with E-state index in [0.29, 0.717) is 9.90 Å². The lowest BCUT2D eigenvalue weighted by Gasteiger charge is -2.35. The van der Waals surface area contributed by atoms with Crippen molar-refractivity contribution in [3.05, 3.63) is 50.7 Å². The fraction of sp³-hybridized carbons (Fsp3) is 0.412. The van der Waals surface area contributed by atoms with Gasteiger partial charge in [-0.25, -0.2) is 0 Å². The maximum absolute atomic E-state index is 13.3. The Kier molecular flexibility index (Phi) is 5.58. The van der Waals surface area contributed by atoms with E-state index < -0.39 is 11.7 Å². The average Bonchev–Trinajstić information content (AvgIpc) is 3.01. The number of methoxy groups -OCH3 is 1. The predicted octanol–water partition coefficient (Wildman–Crippen LogP) is 4.42. The second-order valence-electron chi connectivity index (χ2n) is 5.82. The zero-order valence-electron chi connectivity index (χ0n) is 13.6. The smallest absolute Gasteiger partial charge is 0.416 e. The van der Waals surface area contributed by atoms with Gasteiger partial charge in [0, 0.05) is 31.1 Å². The van der Waals surface area contributed by atoms with Gasteiger partial charge in [-0.15, -0.1) is 11.3 Å². The molecule has 0 amide bonds. The van der Waals surface area contributed by atoms with Gasteiger partial charge in [-0.05, 0) is 35.9 Å². The molecule has 8 heteroatoms. The highest BCUT2D eigenvalue weighted by Gasteiger charge is 2.33. The maximum Gasteiger partial charge on any atom is 0.416 e. The molecule has 1 aromatic carbocycles. The number of benzene rings is 1. The summed E-state index contributed by atoms with van der Waals surface area (Å²) in [6, 6.07) is 7.29. The third kappa shape index (κ3) is 4.28. The van der Waals surface area contributed by atoms with Crippen LogP contribution in [0.4, 0.5) is 13.2 Å². The molecule has 1 aliphatic heterocycles. The van der Waals surface area contributed by atoms with Crippen LogP contribution in [0.3, 0.4) is 0 Å². The second kappa shape index (κ2) is 7.53. The fourth-order valence-corrected chi connectivity index (χ4v) is 4.26. The minimum absolute atomic E-state index is 0.201. The normalized spacial score (nSPS) is 17.5. The number of nitrogens with one attached hydrogen (secondary N) is 1. The Morgan fingerprint density at radius 1 is 1.20 bits per heavy atom. The Labute approximate surface area is 153 Å². The number of hydrogen-bond donors (Lipinski definition) is 1. The number of hydrogen-bond acceptors (Lipinski definition) is 4. The number of nitrogens with zero attached hydrogens (tertiary/aromatic N) is 1. The van der Waals surface area contributed by atoms with Crippen molar-refractivity contribution in [3.8, 4) is 5.75 Å². The van der Waals surface area contributed by atoms with Gasteiger partial charge in [0.2, 0.25) is 0 Å². The number of thiophene rings is 1. The first-order valence-corrected chi connectivity index (χ1v) is 9.04. The third-order valence-corrected chi connectivity index (χ3v) is 5.47. The van der Waals surface area contributed by atoms with Crippen LogP contribution in [0.5, 0.6) is 5.75 Å². The highest BCUT2D eigenvalue weighted by molar-refractivity contribution is 7.16. The van der Waals surface area contributed by atoms with Gasteiger partial charge in [0.25, 0.3) is 0 Å². The van der Waals surface area contributed by atoms with Gasteiger partial charge in [0.05, 0.1) is 23.1 Å². The number of halogens is 4. The molecule has 0 radical (unpaired) electrons. The molecule has 2 aromatic rings. The number of rotatable bonds is 4. The maximum atomic E-state index is 13.3. The van der Waals surface area contributed by atoms with Gasteiger partial charge in [0.15, 0.2) is 0 Å². The quantitative estimate of drug-likeness (QED) is 0.836. The van der Waals surface area contributed by atoms with Gasteiger partial charge < -0.3 is 10.1 Å². The van der Waals surface area contributed by atoms with Crippen LogP contribution in [0, 0.1) is 0 Å². The zero-order chi connectivity index (χ0) is 18.0. The summed E-state index contributed by atoms with van der Waals surface area (Å²) in [7, 11) is 1.38. The van der Waals surface area contributed by atoms with Gasteiger partial charge in [-0.3, -0.25) is 4.90 Å². The van der Waals surface area contributed by atoms with Gasteiger partial charge >= 0.3 is 6.18 Å². The van der Waals surface area contributed by atoms with Crippen molar-refractivity contribution in [1.82, 2.24) is 10.2 Å². The Morgan fingerprint density at radius 2 is 1.92 bits per heavy atom. The van der Waals surface area contributed by atoms with E-state index in [9.17, 15) is 13.2 Å². The predicted molar refractivity (Wildman–Crippen MR) is 93.6 cm³/mol. The largest absolute Gasteiger partial charge is 0.497 e. The van der Waals surface area contributed by atoms with E-state index >= 15 is 0 Å². The molecule has 1 aliphatic rings. The van der Waals surface area contributed by atoms with Crippen LogP contribution >= 0.6 is 22.9 Å². The summed E-state index contributed by atoms with van der Waals surface area (Å²) < 4.78 is 45.6. The van der Waals surface area contributed by atoms with Crippen LogP contribution in [-0.4, -0.2) is 38.2 Å². The summed E-state index contributed by atoms with van der Waals surface area (Å²) in [6.45, 7) is 3.09. The molecule has 3 rings (SSSR count). The Balaban J connectivity index is 2.08. The molecule has 0 spiro atoms. The average molecular weight is 391 g/mol. The van der Waals surface area contributed by atoms with Crippen LogP contribution in [-0.2, 0) is 6.18 Å². The minimum Gasteiger partial charge on any atom is -0.497 e. The molecule has 0 bridgehead atoms. The molecule has 2 heterocycles. The highest BCUT2D eigenvalue weighted by Crippen LogP contribution is 2.40. The summed E-state index contributed by atoms with van der Waals surface area (Å²) >= 11 is 7.47. The highest BCUT2D eigenvalue weighted by atomic mass is 35.5. The lowest BCUT2D eigenvalue weighted by molar-refractivity contribution is -0.137. The number of ether oxygens (including phenoxy) is 1. The Morgan fingerprint density at radius 3 is 2.48 bits per heavy atom. The van der Waals surface area contributed by atoms with E-state index in [2.05, 4.69) is 10.2 Å². The molecule has 0 aliphatic carbocycles. The molecule has 25 heavy (non-hydrogen) atoms. The minimum atomic E-state index is -4.43. The summed E-state index contributed by atoms with van der Waals surface area (Å²) in [5, 5.41) is 3.27. The van der Waals surface area contributed by atoms with Crippen LogP contribution in [0.15, 0.2) is 30.3 Å². The number of piperazine rings is 1. The van der Waals surface area contributed by atoms with Crippen molar-refractivity contribution in [3.63, 3.8) is 0 Å². The zero-order valence-corrected chi connectivity index (χ0v) is 15.1.